The summed E-state index contributed by atoms with van der Waals surface area (Å²) < 4.78 is 29.1. The summed E-state index contributed by atoms with van der Waals surface area (Å²) in [4.78, 5) is 39.3. The lowest BCUT2D eigenvalue weighted by molar-refractivity contribution is -0.385. The maximum Gasteiger partial charge on any atom is 0.271 e. The average Bonchev–Trinajstić information content (AvgIpc) is 3.03. The number of nitro groups is 1. The van der Waals surface area contributed by atoms with Gasteiger partial charge in [0, 0.05) is 50.1 Å². The predicted octanol–water partition coefficient (Wildman–Crippen LogP) is 2.00. The first kappa shape index (κ1) is 23.2. The minimum atomic E-state index is -3.75. The second-order valence-corrected chi connectivity index (χ2v) is 9.40. The lowest BCUT2D eigenvalue weighted by Crippen LogP contribution is -2.37. The molecule has 32 heavy (non-hydrogen) atoms. The number of hydrogen-bond donors (Lipinski definition) is 0. The van der Waals surface area contributed by atoms with Gasteiger partial charge in [0.15, 0.2) is 9.84 Å². The molecule has 0 N–H and O–H groups in total. The Kier molecular flexibility index (Phi) is 6.78. The van der Waals surface area contributed by atoms with E-state index in [1.54, 1.807) is 29.2 Å². The summed E-state index contributed by atoms with van der Waals surface area (Å²) in [6.45, 7) is 1.21. The fraction of sp³-hybridized carbons (Fsp3) is 0.333. The Morgan fingerprint density at radius 1 is 1.00 bits per heavy atom. The zero-order chi connectivity index (χ0) is 23.5. The van der Waals surface area contributed by atoms with E-state index in [2.05, 4.69) is 0 Å². The van der Waals surface area contributed by atoms with Crippen LogP contribution in [0.3, 0.4) is 0 Å². The van der Waals surface area contributed by atoms with Gasteiger partial charge in [-0.25, -0.2) is 8.42 Å². The minimum absolute atomic E-state index is 0.0795. The fourth-order valence-electron chi connectivity index (χ4n) is 3.52. The van der Waals surface area contributed by atoms with Crippen molar-refractivity contribution in [2.75, 3.05) is 39.5 Å². The third-order valence-electron chi connectivity index (χ3n) is 5.18. The molecule has 3 rings (SSSR count). The fourth-order valence-corrected chi connectivity index (χ4v) is 4.20. The average molecular weight is 461 g/mol. The molecule has 0 atom stereocenters. The molecule has 1 saturated heterocycles. The molecule has 0 saturated carbocycles. The van der Waals surface area contributed by atoms with Crippen LogP contribution < -0.4 is 4.74 Å². The Bertz CT molecular complexity index is 1160. The molecule has 2 aromatic carbocycles. The monoisotopic (exact) mass is 461 g/mol. The third kappa shape index (κ3) is 5.05. The molecule has 170 valence electrons. The summed E-state index contributed by atoms with van der Waals surface area (Å²) in [6, 6.07) is 10.0. The first-order chi connectivity index (χ1) is 15.1. The number of nitro benzene ring substituents is 1. The van der Waals surface area contributed by atoms with Crippen molar-refractivity contribution >= 4 is 27.3 Å². The van der Waals surface area contributed by atoms with E-state index in [0.717, 1.165) is 24.5 Å². The number of carbonyl (C=O) groups is 2. The molecule has 0 bridgehead atoms. The van der Waals surface area contributed by atoms with Crippen molar-refractivity contribution in [3.8, 4) is 5.75 Å². The Balaban J connectivity index is 1.81. The lowest BCUT2D eigenvalue weighted by Gasteiger charge is -2.23. The van der Waals surface area contributed by atoms with Gasteiger partial charge in [0.25, 0.3) is 17.5 Å². The Morgan fingerprint density at radius 3 is 2.22 bits per heavy atom. The Morgan fingerprint density at radius 2 is 1.62 bits per heavy atom. The molecule has 0 unspecified atom stereocenters. The molecule has 0 aliphatic carbocycles. The van der Waals surface area contributed by atoms with Gasteiger partial charge in [-0.2, -0.15) is 0 Å². The van der Waals surface area contributed by atoms with Gasteiger partial charge >= 0.3 is 0 Å². The smallest absolute Gasteiger partial charge is 0.271 e. The van der Waals surface area contributed by atoms with Crippen LogP contribution in [-0.4, -0.2) is 74.5 Å². The maximum atomic E-state index is 13.0. The van der Waals surface area contributed by atoms with E-state index in [1.807, 2.05) is 0 Å². The van der Waals surface area contributed by atoms with Crippen LogP contribution in [0.4, 0.5) is 5.69 Å². The van der Waals surface area contributed by atoms with Crippen molar-refractivity contribution in [2.24, 2.45) is 0 Å². The largest absolute Gasteiger partial charge is 0.496 e. The number of amides is 2. The second kappa shape index (κ2) is 9.35. The van der Waals surface area contributed by atoms with Crippen LogP contribution in [0.25, 0.3) is 0 Å². The van der Waals surface area contributed by atoms with Gasteiger partial charge in [-0.15, -0.1) is 0 Å². The number of hydrogen-bond acceptors (Lipinski definition) is 7. The molecule has 0 spiro atoms. The number of benzene rings is 2. The van der Waals surface area contributed by atoms with Crippen LogP contribution >= 0.6 is 0 Å². The minimum Gasteiger partial charge on any atom is -0.496 e. The normalized spacial score (nSPS) is 14.6. The number of non-ortho nitro benzene ring substituents is 1. The molecule has 1 aliphatic rings. The second-order valence-electron chi connectivity index (χ2n) is 7.38. The zero-order valence-corrected chi connectivity index (χ0v) is 18.5. The predicted molar refractivity (Wildman–Crippen MR) is 116 cm³/mol. The maximum absolute atomic E-state index is 13.0. The molecule has 1 heterocycles. The van der Waals surface area contributed by atoms with E-state index in [0.29, 0.717) is 30.8 Å². The number of ether oxygens (including phenoxy) is 1. The number of carbonyl (C=O) groups excluding carboxylic acids is 2. The van der Waals surface area contributed by atoms with Crippen molar-refractivity contribution in [1.29, 1.82) is 0 Å². The molecular weight excluding hydrogens is 438 g/mol. The summed E-state index contributed by atoms with van der Waals surface area (Å²) in [6.07, 6.45) is 1.42. The van der Waals surface area contributed by atoms with Crippen LogP contribution in [0.5, 0.6) is 5.75 Å². The van der Waals surface area contributed by atoms with Crippen molar-refractivity contribution < 1.29 is 27.7 Å². The van der Waals surface area contributed by atoms with Crippen LogP contribution in [0.1, 0.15) is 27.1 Å². The summed E-state index contributed by atoms with van der Waals surface area (Å²) in [5.41, 5.74) is -0.130. The number of para-hydroxylation sites is 1. The number of nitrogens with zero attached hydrogens (tertiary/aromatic N) is 3. The summed E-state index contributed by atoms with van der Waals surface area (Å²) >= 11 is 0. The zero-order valence-electron chi connectivity index (χ0n) is 17.7. The third-order valence-corrected chi connectivity index (χ3v) is 6.28. The molecule has 0 aromatic heterocycles. The van der Waals surface area contributed by atoms with E-state index in [1.165, 1.54) is 12.0 Å². The van der Waals surface area contributed by atoms with Crippen LogP contribution in [0.2, 0.25) is 0 Å². The van der Waals surface area contributed by atoms with E-state index >= 15 is 0 Å². The van der Waals surface area contributed by atoms with Crippen molar-refractivity contribution in [2.45, 2.75) is 11.3 Å². The van der Waals surface area contributed by atoms with Gasteiger partial charge in [-0.3, -0.25) is 19.7 Å². The van der Waals surface area contributed by atoms with Gasteiger partial charge < -0.3 is 14.5 Å². The van der Waals surface area contributed by atoms with Gasteiger partial charge in [-0.05, 0) is 24.6 Å². The number of methoxy groups -OCH3 is 1. The Labute approximate surface area is 185 Å². The number of rotatable bonds is 5. The van der Waals surface area contributed by atoms with Crippen LogP contribution in [-0.2, 0) is 9.84 Å². The van der Waals surface area contributed by atoms with Crippen LogP contribution in [0, 0.1) is 10.1 Å². The number of sulfone groups is 1. The molecule has 11 heteroatoms. The van der Waals surface area contributed by atoms with Crippen LogP contribution in [0.15, 0.2) is 47.4 Å². The van der Waals surface area contributed by atoms with E-state index in [4.69, 9.17) is 4.74 Å². The van der Waals surface area contributed by atoms with Crippen molar-refractivity contribution in [3.05, 3.63) is 63.7 Å². The first-order valence-corrected chi connectivity index (χ1v) is 11.7. The highest BCUT2D eigenvalue weighted by Crippen LogP contribution is 2.23. The molecular formula is C21H23N3O7S. The van der Waals surface area contributed by atoms with Gasteiger partial charge in [0.1, 0.15) is 5.75 Å². The molecule has 2 aromatic rings. The summed E-state index contributed by atoms with van der Waals surface area (Å²) in [5.74, 6) is -0.281. The van der Waals surface area contributed by atoms with E-state index < -0.39 is 26.4 Å². The molecule has 1 aliphatic heterocycles. The van der Waals surface area contributed by atoms with Gasteiger partial charge in [0.05, 0.1) is 22.5 Å². The SMILES string of the molecule is COc1ccccc1C(=O)N1CCCN(C(=O)c2cc([N+](=O)[O-])cc(S(C)(=O)=O)c2)CC1. The summed E-state index contributed by atoms with van der Waals surface area (Å²) in [5, 5.41) is 11.2. The molecule has 0 radical (unpaired) electrons. The lowest BCUT2D eigenvalue weighted by atomic mass is 10.1. The summed E-state index contributed by atoms with van der Waals surface area (Å²) in [7, 11) is -2.27. The van der Waals surface area contributed by atoms with Gasteiger partial charge in [-0.1, -0.05) is 12.1 Å². The molecule has 1 fully saturated rings. The quantitative estimate of drug-likeness (QED) is 0.492. The van der Waals surface area contributed by atoms with E-state index in [-0.39, 0.29) is 29.5 Å². The highest BCUT2D eigenvalue weighted by molar-refractivity contribution is 7.90. The highest BCUT2D eigenvalue weighted by Gasteiger charge is 2.27. The van der Waals surface area contributed by atoms with Crippen molar-refractivity contribution in [1.82, 2.24) is 9.80 Å². The standard InChI is InChI=1S/C21H23N3O7S/c1-31-19-7-4-3-6-18(19)21(26)23-9-5-8-22(10-11-23)20(25)15-12-16(24(27)28)14-17(13-15)32(2,29)30/h3-4,6-7,12-14H,5,8-11H2,1-2H3. The molecule has 10 nitrogen and oxygen atoms in total. The van der Waals surface area contributed by atoms with Gasteiger partial charge in [0.2, 0.25) is 0 Å². The first-order valence-electron chi connectivity index (χ1n) is 9.83. The topological polar surface area (TPSA) is 127 Å². The molecule has 2 amide bonds. The Hall–Kier alpha value is -3.47. The highest BCUT2D eigenvalue weighted by atomic mass is 32.2. The van der Waals surface area contributed by atoms with E-state index in [9.17, 15) is 28.1 Å². The van der Waals surface area contributed by atoms with Crippen molar-refractivity contribution in [3.63, 3.8) is 0 Å².